The number of rotatable bonds is 2. The van der Waals surface area contributed by atoms with Crippen molar-refractivity contribution in [3.63, 3.8) is 0 Å². The lowest BCUT2D eigenvalue weighted by atomic mass is 10.1. The molecule has 2 aromatic rings. The number of halogens is 1. The zero-order chi connectivity index (χ0) is 14.1. The Bertz CT molecular complexity index is 720. The second-order valence-electron chi connectivity index (χ2n) is 5.10. The van der Waals surface area contributed by atoms with Crippen LogP contribution in [0.15, 0.2) is 33.5 Å². The third-order valence-electron chi connectivity index (χ3n) is 3.60. The van der Waals surface area contributed by atoms with Gasteiger partial charge < -0.3 is 15.1 Å². The predicted molar refractivity (Wildman–Crippen MR) is 87.2 cm³/mol. The lowest BCUT2D eigenvalue weighted by Gasteiger charge is -2.11. The molecule has 0 radical (unpaired) electrons. The SMILES string of the molecule is Br.Cc1cc(=O)oc2cc(NC(=O)C3CCCN3)ccc12. The van der Waals surface area contributed by atoms with Gasteiger partial charge in [-0.2, -0.15) is 0 Å². The maximum Gasteiger partial charge on any atom is 0.336 e. The van der Waals surface area contributed by atoms with Gasteiger partial charge in [0, 0.05) is 23.2 Å². The maximum absolute atomic E-state index is 12.0. The second-order valence-corrected chi connectivity index (χ2v) is 5.10. The summed E-state index contributed by atoms with van der Waals surface area (Å²) in [5, 5.41) is 6.87. The molecule has 0 saturated carbocycles. The Morgan fingerprint density at radius 1 is 1.38 bits per heavy atom. The highest BCUT2D eigenvalue weighted by molar-refractivity contribution is 8.93. The number of aryl methyl sites for hydroxylation is 1. The molecule has 0 spiro atoms. The molecule has 5 nitrogen and oxygen atoms in total. The zero-order valence-electron chi connectivity index (χ0n) is 11.6. The minimum Gasteiger partial charge on any atom is -0.423 e. The van der Waals surface area contributed by atoms with E-state index in [1.165, 1.54) is 6.07 Å². The minimum absolute atomic E-state index is 0. The van der Waals surface area contributed by atoms with Gasteiger partial charge in [-0.3, -0.25) is 4.79 Å². The van der Waals surface area contributed by atoms with Crippen LogP contribution in [-0.2, 0) is 4.79 Å². The summed E-state index contributed by atoms with van der Waals surface area (Å²) in [4.78, 5) is 23.4. The fraction of sp³-hybridized carbons (Fsp3) is 0.333. The van der Waals surface area contributed by atoms with Crippen molar-refractivity contribution in [3.05, 3.63) is 40.2 Å². The Labute approximate surface area is 132 Å². The largest absolute Gasteiger partial charge is 0.423 e. The summed E-state index contributed by atoms with van der Waals surface area (Å²) in [6.45, 7) is 2.74. The molecule has 3 rings (SSSR count). The molecule has 1 unspecified atom stereocenters. The molecule has 1 aromatic heterocycles. The summed E-state index contributed by atoms with van der Waals surface area (Å²) in [6.07, 6.45) is 1.87. The first-order valence-electron chi connectivity index (χ1n) is 6.72. The number of hydrogen-bond donors (Lipinski definition) is 2. The lowest BCUT2D eigenvalue weighted by molar-refractivity contribution is -0.117. The average molecular weight is 353 g/mol. The van der Waals surface area contributed by atoms with E-state index in [4.69, 9.17) is 4.42 Å². The summed E-state index contributed by atoms with van der Waals surface area (Å²) in [5.74, 6) is -0.0446. The first kappa shape index (κ1) is 15.7. The molecule has 1 atom stereocenters. The van der Waals surface area contributed by atoms with Gasteiger partial charge in [-0.05, 0) is 44.0 Å². The molecule has 0 bridgehead atoms. The van der Waals surface area contributed by atoms with Crippen molar-refractivity contribution in [2.75, 3.05) is 11.9 Å². The normalized spacial score (nSPS) is 17.5. The number of carbonyl (C=O) groups excluding carboxylic acids is 1. The van der Waals surface area contributed by atoms with Crippen LogP contribution in [-0.4, -0.2) is 18.5 Å². The van der Waals surface area contributed by atoms with Crippen LogP contribution in [0.3, 0.4) is 0 Å². The number of amides is 1. The highest BCUT2D eigenvalue weighted by Crippen LogP contribution is 2.21. The molecule has 0 aliphatic carbocycles. The zero-order valence-corrected chi connectivity index (χ0v) is 13.4. The van der Waals surface area contributed by atoms with E-state index in [9.17, 15) is 9.59 Å². The van der Waals surface area contributed by atoms with Gasteiger partial charge in [-0.15, -0.1) is 17.0 Å². The predicted octanol–water partition coefficient (Wildman–Crippen LogP) is 2.37. The Hall–Kier alpha value is -1.66. The standard InChI is InChI=1S/C15H16N2O3.BrH/c1-9-7-14(18)20-13-8-10(4-5-11(9)13)17-15(19)12-3-2-6-16-12;/h4-5,7-8,12,16H,2-3,6H2,1H3,(H,17,19);1H. The van der Waals surface area contributed by atoms with E-state index >= 15 is 0 Å². The van der Waals surface area contributed by atoms with E-state index in [0.29, 0.717) is 11.3 Å². The number of hydrogen-bond acceptors (Lipinski definition) is 4. The van der Waals surface area contributed by atoms with Crippen LogP contribution in [0.5, 0.6) is 0 Å². The van der Waals surface area contributed by atoms with E-state index in [2.05, 4.69) is 10.6 Å². The Kier molecular flexibility index (Phi) is 4.80. The van der Waals surface area contributed by atoms with Crippen molar-refractivity contribution in [2.45, 2.75) is 25.8 Å². The van der Waals surface area contributed by atoms with Crippen LogP contribution in [0, 0.1) is 6.92 Å². The van der Waals surface area contributed by atoms with E-state index in [1.54, 1.807) is 6.07 Å². The molecule has 1 amide bonds. The van der Waals surface area contributed by atoms with Crippen LogP contribution in [0.25, 0.3) is 11.0 Å². The molecule has 1 aliphatic heterocycles. The second kappa shape index (κ2) is 6.41. The third kappa shape index (κ3) is 3.33. The fourth-order valence-electron chi connectivity index (χ4n) is 2.54. The van der Waals surface area contributed by atoms with Crippen molar-refractivity contribution < 1.29 is 9.21 Å². The topological polar surface area (TPSA) is 71.3 Å². The summed E-state index contributed by atoms with van der Waals surface area (Å²) < 4.78 is 5.17. The van der Waals surface area contributed by atoms with E-state index < -0.39 is 0 Å². The fourth-order valence-corrected chi connectivity index (χ4v) is 2.54. The average Bonchev–Trinajstić information content (AvgIpc) is 2.91. The van der Waals surface area contributed by atoms with Crippen LogP contribution < -0.4 is 16.3 Å². The third-order valence-corrected chi connectivity index (χ3v) is 3.60. The smallest absolute Gasteiger partial charge is 0.336 e. The molecule has 112 valence electrons. The Balaban J connectivity index is 0.00000161. The summed E-state index contributed by atoms with van der Waals surface area (Å²) in [6, 6.07) is 6.70. The van der Waals surface area contributed by atoms with Gasteiger partial charge in [-0.25, -0.2) is 4.79 Å². The molecule has 21 heavy (non-hydrogen) atoms. The van der Waals surface area contributed by atoms with Crippen LogP contribution >= 0.6 is 17.0 Å². The quantitative estimate of drug-likeness (QED) is 0.814. The van der Waals surface area contributed by atoms with Gasteiger partial charge in [-0.1, -0.05) is 0 Å². The number of anilines is 1. The molecule has 6 heteroatoms. The molecule has 1 saturated heterocycles. The molecule has 2 heterocycles. The van der Waals surface area contributed by atoms with Gasteiger partial charge >= 0.3 is 5.63 Å². The molecular formula is C15H17BrN2O3. The van der Waals surface area contributed by atoms with Gasteiger partial charge in [0.1, 0.15) is 5.58 Å². The molecule has 1 fully saturated rings. The van der Waals surface area contributed by atoms with Crippen molar-refractivity contribution >= 4 is 39.5 Å². The molecule has 1 aliphatic rings. The Morgan fingerprint density at radius 2 is 2.19 bits per heavy atom. The first-order chi connectivity index (χ1) is 9.63. The number of nitrogens with one attached hydrogen (secondary N) is 2. The summed E-state index contributed by atoms with van der Waals surface area (Å²) >= 11 is 0. The van der Waals surface area contributed by atoms with E-state index in [0.717, 1.165) is 30.3 Å². The Morgan fingerprint density at radius 3 is 2.90 bits per heavy atom. The first-order valence-corrected chi connectivity index (χ1v) is 6.72. The molecule has 1 aromatic carbocycles. The van der Waals surface area contributed by atoms with E-state index in [-0.39, 0.29) is 34.6 Å². The van der Waals surface area contributed by atoms with Crippen molar-refractivity contribution in [1.29, 1.82) is 0 Å². The molecule has 2 N–H and O–H groups in total. The van der Waals surface area contributed by atoms with Crippen LogP contribution in [0.2, 0.25) is 0 Å². The number of fused-ring (bicyclic) bond motifs is 1. The highest BCUT2D eigenvalue weighted by Gasteiger charge is 2.21. The van der Waals surface area contributed by atoms with Gasteiger partial charge in [0.25, 0.3) is 0 Å². The number of benzene rings is 1. The summed E-state index contributed by atoms with van der Waals surface area (Å²) in [5.41, 5.74) is 1.62. The maximum atomic E-state index is 12.0. The van der Waals surface area contributed by atoms with Gasteiger partial charge in [0.15, 0.2) is 0 Å². The van der Waals surface area contributed by atoms with Crippen molar-refractivity contribution in [2.24, 2.45) is 0 Å². The number of carbonyl (C=O) groups is 1. The lowest BCUT2D eigenvalue weighted by Crippen LogP contribution is -2.35. The van der Waals surface area contributed by atoms with Gasteiger partial charge in [0.2, 0.25) is 5.91 Å². The molecular weight excluding hydrogens is 336 g/mol. The highest BCUT2D eigenvalue weighted by atomic mass is 79.9. The monoisotopic (exact) mass is 352 g/mol. The van der Waals surface area contributed by atoms with Crippen LogP contribution in [0.4, 0.5) is 5.69 Å². The van der Waals surface area contributed by atoms with Crippen molar-refractivity contribution in [1.82, 2.24) is 5.32 Å². The van der Waals surface area contributed by atoms with Crippen molar-refractivity contribution in [3.8, 4) is 0 Å². The van der Waals surface area contributed by atoms with E-state index in [1.807, 2.05) is 19.1 Å². The van der Waals surface area contributed by atoms with Crippen LogP contribution in [0.1, 0.15) is 18.4 Å². The summed E-state index contributed by atoms with van der Waals surface area (Å²) in [7, 11) is 0. The van der Waals surface area contributed by atoms with Gasteiger partial charge in [0.05, 0.1) is 6.04 Å². The minimum atomic E-state index is -0.379.